The number of Topliss-reactive ketones (excluding diaryl/α,β-unsaturated/α-hetero) is 1. The van der Waals surface area contributed by atoms with Crippen molar-refractivity contribution >= 4 is 39.8 Å². The Bertz CT molecular complexity index is 1020. The number of anilines is 1. The van der Waals surface area contributed by atoms with Gasteiger partial charge >= 0.3 is 0 Å². The number of fused-ring (bicyclic) bond motifs is 3. The lowest BCUT2D eigenvalue weighted by Gasteiger charge is -2.18. The van der Waals surface area contributed by atoms with E-state index in [2.05, 4.69) is 10.3 Å². The summed E-state index contributed by atoms with van der Waals surface area (Å²) in [4.78, 5) is 29.6. The van der Waals surface area contributed by atoms with E-state index in [1.807, 2.05) is 18.2 Å². The Morgan fingerprint density at radius 1 is 0.958 bits per heavy atom. The van der Waals surface area contributed by atoms with Crippen molar-refractivity contribution in [3.05, 3.63) is 82.7 Å². The maximum absolute atomic E-state index is 12.9. The SMILES string of the molecule is O=C1C=C(Nc2ccc(Cl)cc2)C(=O)c2c1cnc1ccccc21. The number of aromatic nitrogens is 1. The molecule has 0 aliphatic heterocycles. The number of allylic oxidation sites excluding steroid dienone is 2. The molecule has 0 saturated heterocycles. The van der Waals surface area contributed by atoms with Crippen molar-refractivity contribution in [2.45, 2.75) is 0 Å². The number of pyridine rings is 1. The third kappa shape index (κ3) is 2.37. The van der Waals surface area contributed by atoms with Crippen LogP contribution in [0, 0.1) is 0 Å². The van der Waals surface area contributed by atoms with Crippen molar-refractivity contribution in [2.24, 2.45) is 0 Å². The van der Waals surface area contributed by atoms with Crippen molar-refractivity contribution in [3.63, 3.8) is 0 Å². The number of halogens is 1. The Hall–Kier alpha value is -2.98. The lowest BCUT2D eigenvalue weighted by atomic mass is 9.90. The lowest BCUT2D eigenvalue weighted by Crippen LogP contribution is -2.22. The van der Waals surface area contributed by atoms with E-state index in [9.17, 15) is 9.59 Å². The summed E-state index contributed by atoms with van der Waals surface area (Å²) in [6.45, 7) is 0. The minimum atomic E-state index is -0.237. The van der Waals surface area contributed by atoms with Crippen molar-refractivity contribution in [1.29, 1.82) is 0 Å². The molecule has 0 spiro atoms. The van der Waals surface area contributed by atoms with Crippen molar-refractivity contribution < 1.29 is 9.59 Å². The van der Waals surface area contributed by atoms with E-state index in [0.29, 0.717) is 32.7 Å². The molecule has 4 rings (SSSR count). The zero-order valence-electron chi connectivity index (χ0n) is 12.4. The first-order chi connectivity index (χ1) is 11.6. The summed E-state index contributed by atoms with van der Waals surface area (Å²) in [6.07, 6.45) is 2.78. The maximum atomic E-state index is 12.9. The number of carbonyl (C=O) groups is 2. The lowest BCUT2D eigenvalue weighted by molar-refractivity contribution is 0.0986. The van der Waals surface area contributed by atoms with Gasteiger partial charge in [0.1, 0.15) is 0 Å². The number of rotatable bonds is 2. The molecule has 1 heterocycles. The molecule has 0 saturated carbocycles. The largest absolute Gasteiger partial charge is 0.352 e. The number of ketones is 2. The monoisotopic (exact) mass is 334 g/mol. The predicted molar refractivity (Wildman–Crippen MR) is 93.6 cm³/mol. The van der Waals surface area contributed by atoms with Gasteiger partial charge in [-0.2, -0.15) is 0 Å². The van der Waals surface area contributed by atoms with Crippen molar-refractivity contribution in [2.75, 3.05) is 5.32 Å². The molecule has 2 aromatic carbocycles. The highest BCUT2D eigenvalue weighted by molar-refractivity contribution is 6.31. The average molecular weight is 335 g/mol. The minimum absolute atomic E-state index is 0.224. The molecule has 3 aromatic rings. The Balaban J connectivity index is 1.81. The highest BCUT2D eigenvalue weighted by atomic mass is 35.5. The fraction of sp³-hybridized carbons (Fsp3) is 0. The smallest absolute Gasteiger partial charge is 0.210 e. The number of nitrogens with zero attached hydrogens (tertiary/aromatic N) is 1. The van der Waals surface area contributed by atoms with Crippen LogP contribution in [-0.4, -0.2) is 16.6 Å². The van der Waals surface area contributed by atoms with Crippen LogP contribution in [0.1, 0.15) is 20.7 Å². The molecule has 1 aromatic heterocycles. The number of hydrogen-bond acceptors (Lipinski definition) is 4. The van der Waals surface area contributed by atoms with Gasteiger partial charge in [0.15, 0.2) is 5.78 Å². The summed E-state index contributed by atoms with van der Waals surface area (Å²) in [5.74, 6) is -0.461. The summed E-state index contributed by atoms with van der Waals surface area (Å²) < 4.78 is 0. The summed E-state index contributed by atoms with van der Waals surface area (Å²) in [7, 11) is 0. The third-order valence-corrected chi connectivity index (χ3v) is 4.16. The second kappa shape index (κ2) is 5.58. The zero-order chi connectivity index (χ0) is 16.7. The molecule has 0 amide bonds. The molecule has 4 nitrogen and oxygen atoms in total. The Morgan fingerprint density at radius 3 is 2.50 bits per heavy atom. The molecule has 0 unspecified atom stereocenters. The highest BCUT2D eigenvalue weighted by Gasteiger charge is 2.28. The number of hydrogen-bond donors (Lipinski definition) is 1. The molecule has 0 atom stereocenters. The summed E-state index contributed by atoms with van der Waals surface area (Å²) >= 11 is 5.87. The van der Waals surface area contributed by atoms with Crippen LogP contribution < -0.4 is 5.32 Å². The van der Waals surface area contributed by atoms with Crippen LogP contribution >= 0.6 is 11.6 Å². The zero-order valence-corrected chi connectivity index (χ0v) is 13.2. The van der Waals surface area contributed by atoms with Gasteiger partial charge in [-0.25, -0.2) is 0 Å². The van der Waals surface area contributed by atoms with Crippen LogP contribution in [0.15, 0.2) is 66.5 Å². The Labute approximate surface area is 142 Å². The third-order valence-electron chi connectivity index (χ3n) is 3.91. The number of carbonyl (C=O) groups excluding carboxylic acids is 2. The summed E-state index contributed by atoms with van der Waals surface area (Å²) in [5.41, 5.74) is 2.34. The predicted octanol–water partition coefficient (Wildman–Crippen LogP) is 4.26. The molecule has 5 heteroatoms. The maximum Gasteiger partial charge on any atom is 0.210 e. The van der Waals surface area contributed by atoms with Crippen molar-refractivity contribution in [3.8, 4) is 0 Å². The Kier molecular flexibility index (Phi) is 3.40. The summed E-state index contributed by atoms with van der Waals surface area (Å²) in [5, 5.41) is 4.28. The first kappa shape index (κ1) is 14.6. The first-order valence-electron chi connectivity index (χ1n) is 7.34. The van der Waals surface area contributed by atoms with E-state index >= 15 is 0 Å². The van der Waals surface area contributed by atoms with Gasteiger partial charge < -0.3 is 5.32 Å². The molecular weight excluding hydrogens is 324 g/mol. The van der Waals surface area contributed by atoms with Crippen LogP contribution in [0.25, 0.3) is 10.9 Å². The number of nitrogens with one attached hydrogen (secondary N) is 1. The average Bonchev–Trinajstić information content (AvgIpc) is 2.60. The van der Waals surface area contributed by atoms with Gasteiger partial charge in [-0.1, -0.05) is 29.8 Å². The molecule has 116 valence electrons. The molecular formula is C19H11ClN2O2. The fourth-order valence-electron chi connectivity index (χ4n) is 2.76. The van der Waals surface area contributed by atoms with Crippen LogP contribution in [0.4, 0.5) is 5.69 Å². The number of para-hydroxylation sites is 1. The quantitative estimate of drug-likeness (QED) is 0.760. The van der Waals surface area contributed by atoms with Crippen molar-refractivity contribution in [1.82, 2.24) is 4.98 Å². The normalized spacial score (nSPS) is 13.6. The van der Waals surface area contributed by atoms with Gasteiger partial charge in [-0.15, -0.1) is 0 Å². The van der Waals surface area contributed by atoms with E-state index in [-0.39, 0.29) is 17.3 Å². The topological polar surface area (TPSA) is 59.1 Å². The molecule has 0 radical (unpaired) electrons. The second-order valence-electron chi connectivity index (χ2n) is 5.45. The summed E-state index contributed by atoms with van der Waals surface area (Å²) in [6, 6.07) is 14.2. The molecule has 0 fully saturated rings. The molecule has 1 aliphatic carbocycles. The van der Waals surface area contributed by atoms with E-state index in [0.717, 1.165) is 0 Å². The molecule has 24 heavy (non-hydrogen) atoms. The van der Waals surface area contributed by atoms with Gasteiger partial charge in [-0.3, -0.25) is 14.6 Å². The molecule has 1 N–H and O–H groups in total. The van der Waals surface area contributed by atoms with Gasteiger partial charge in [0.25, 0.3) is 0 Å². The number of benzene rings is 2. The Morgan fingerprint density at radius 2 is 1.71 bits per heavy atom. The molecule has 0 bridgehead atoms. The van der Waals surface area contributed by atoms with Gasteiger partial charge in [-0.05, 0) is 30.3 Å². The first-order valence-corrected chi connectivity index (χ1v) is 7.72. The van der Waals surface area contributed by atoms with Gasteiger partial charge in [0, 0.05) is 33.9 Å². The van der Waals surface area contributed by atoms with Gasteiger partial charge in [0.05, 0.1) is 16.8 Å². The van der Waals surface area contributed by atoms with Crippen LogP contribution in [0.5, 0.6) is 0 Å². The van der Waals surface area contributed by atoms with E-state index in [1.165, 1.54) is 12.3 Å². The second-order valence-corrected chi connectivity index (χ2v) is 5.88. The van der Waals surface area contributed by atoms with E-state index < -0.39 is 0 Å². The minimum Gasteiger partial charge on any atom is -0.352 e. The van der Waals surface area contributed by atoms with E-state index in [4.69, 9.17) is 11.6 Å². The van der Waals surface area contributed by atoms with Crippen LogP contribution in [-0.2, 0) is 0 Å². The standard InChI is InChI=1S/C19H11ClN2O2/c20-11-5-7-12(8-6-11)22-16-9-17(23)14-10-21-15-4-2-1-3-13(15)18(14)19(16)24/h1-10,22H. The van der Waals surface area contributed by atoms with Gasteiger partial charge in [0.2, 0.25) is 5.78 Å². The molecule has 1 aliphatic rings. The fourth-order valence-corrected chi connectivity index (χ4v) is 2.89. The van der Waals surface area contributed by atoms with E-state index in [1.54, 1.807) is 30.3 Å². The van der Waals surface area contributed by atoms with Crippen LogP contribution in [0.2, 0.25) is 5.02 Å². The highest BCUT2D eigenvalue weighted by Crippen LogP contribution is 2.28. The van der Waals surface area contributed by atoms with Crippen LogP contribution in [0.3, 0.4) is 0 Å².